The van der Waals surface area contributed by atoms with Gasteiger partial charge in [-0.25, -0.2) is 0 Å². The number of aromatic nitrogens is 2. The zero-order valence-corrected chi connectivity index (χ0v) is 24.0. The van der Waals surface area contributed by atoms with E-state index in [1.807, 2.05) is 57.2 Å². The summed E-state index contributed by atoms with van der Waals surface area (Å²) in [6, 6.07) is 13.6. The van der Waals surface area contributed by atoms with Crippen molar-refractivity contribution < 1.29 is 14.3 Å². The first-order chi connectivity index (χ1) is 18.1. The molecule has 38 heavy (non-hydrogen) atoms. The molecule has 1 fully saturated rings. The van der Waals surface area contributed by atoms with Crippen molar-refractivity contribution in [1.82, 2.24) is 14.9 Å². The van der Waals surface area contributed by atoms with E-state index in [0.717, 1.165) is 34.9 Å². The average molecular weight is 536 g/mol. The van der Waals surface area contributed by atoms with Gasteiger partial charge in [0.05, 0.1) is 37.2 Å². The van der Waals surface area contributed by atoms with E-state index >= 15 is 0 Å². The second-order valence-corrected chi connectivity index (χ2v) is 10.9. The minimum Gasteiger partial charge on any atom is -0.494 e. The molecule has 0 bridgehead atoms. The second kappa shape index (κ2) is 11.1. The number of benzene rings is 1. The number of pyridine rings is 1. The Morgan fingerprint density at radius 3 is 2.55 bits per heavy atom. The first kappa shape index (κ1) is 27.6. The van der Waals surface area contributed by atoms with Gasteiger partial charge in [0.2, 0.25) is 5.91 Å². The minimum atomic E-state index is -0.531. The fraction of sp³-hybridized carbons (Fsp3) is 0.414. The van der Waals surface area contributed by atoms with Crippen molar-refractivity contribution in [3.8, 4) is 5.75 Å². The molecular formula is C29H37N5O3S. The third-order valence-electron chi connectivity index (χ3n) is 6.94. The largest absolute Gasteiger partial charge is 0.494 e. The summed E-state index contributed by atoms with van der Waals surface area (Å²) in [5.41, 5.74) is 5.32. The van der Waals surface area contributed by atoms with Crippen LogP contribution in [0.3, 0.4) is 0 Å². The molecule has 8 nitrogen and oxygen atoms in total. The molecule has 1 aliphatic heterocycles. The summed E-state index contributed by atoms with van der Waals surface area (Å²) in [6.07, 6.45) is 1.80. The number of nitrogens with zero attached hydrogens (tertiary/aromatic N) is 3. The Hall–Kier alpha value is -3.43. The molecule has 3 aromatic rings. The predicted octanol–water partition coefficient (Wildman–Crippen LogP) is 5.32. The Balaban J connectivity index is 1.80. The zero-order valence-electron chi connectivity index (χ0n) is 23.2. The van der Waals surface area contributed by atoms with Gasteiger partial charge in [0, 0.05) is 48.4 Å². The van der Waals surface area contributed by atoms with Crippen LogP contribution in [0, 0.1) is 19.3 Å². The highest BCUT2D eigenvalue weighted by molar-refractivity contribution is 7.80. The van der Waals surface area contributed by atoms with Gasteiger partial charge >= 0.3 is 0 Å². The Labute approximate surface area is 230 Å². The van der Waals surface area contributed by atoms with Gasteiger partial charge in [-0.15, -0.1) is 0 Å². The quantitative estimate of drug-likeness (QED) is 0.378. The first-order valence-electron chi connectivity index (χ1n) is 12.7. The van der Waals surface area contributed by atoms with Crippen LogP contribution in [0.25, 0.3) is 0 Å². The number of anilines is 2. The molecule has 202 valence electrons. The maximum atomic E-state index is 12.7. The van der Waals surface area contributed by atoms with E-state index in [0.29, 0.717) is 23.2 Å². The van der Waals surface area contributed by atoms with Gasteiger partial charge in [0.15, 0.2) is 5.11 Å². The minimum absolute atomic E-state index is 0.0847. The topological polar surface area (TPSA) is 80.7 Å². The summed E-state index contributed by atoms with van der Waals surface area (Å²) in [4.78, 5) is 19.4. The van der Waals surface area contributed by atoms with Gasteiger partial charge in [-0.1, -0.05) is 26.8 Å². The number of amides is 1. The average Bonchev–Trinajstić information content (AvgIpc) is 3.37. The summed E-state index contributed by atoms with van der Waals surface area (Å²) in [7, 11) is 3.32. The molecule has 0 unspecified atom stereocenters. The van der Waals surface area contributed by atoms with Crippen LogP contribution in [0.4, 0.5) is 11.4 Å². The number of thiocarbonyl (C=S) groups is 1. The van der Waals surface area contributed by atoms with Crippen LogP contribution in [-0.2, 0) is 16.1 Å². The lowest BCUT2D eigenvalue weighted by atomic mass is 9.95. The lowest BCUT2D eigenvalue weighted by molar-refractivity contribution is -0.123. The molecular weight excluding hydrogens is 498 g/mol. The van der Waals surface area contributed by atoms with Crippen LogP contribution in [-0.4, -0.2) is 41.4 Å². The van der Waals surface area contributed by atoms with Gasteiger partial charge in [-0.3, -0.25) is 9.78 Å². The van der Waals surface area contributed by atoms with Gasteiger partial charge in [0.25, 0.3) is 0 Å². The van der Waals surface area contributed by atoms with E-state index in [1.54, 1.807) is 20.4 Å². The SMILES string of the molecule is COCCn1c(C)cc([C@@H]2[C@H](c3ccccn3)NC(=S)N2c2ccc(NC(=O)C(C)(C)C)c(OC)c2)c1C. The summed E-state index contributed by atoms with van der Waals surface area (Å²) < 4.78 is 13.3. The van der Waals surface area contributed by atoms with Gasteiger partial charge in [-0.05, 0) is 62.0 Å². The third kappa shape index (κ3) is 5.39. The third-order valence-corrected chi connectivity index (χ3v) is 7.26. The van der Waals surface area contributed by atoms with Crippen molar-refractivity contribution in [2.75, 3.05) is 31.0 Å². The highest BCUT2D eigenvalue weighted by atomic mass is 32.1. The van der Waals surface area contributed by atoms with E-state index in [4.69, 9.17) is 21.7 Å². The number of aryl methyl sites for hydroxylation is 1. The summed E-state index contributed by atoms with van der Waals surface area (Å²) in [5.74, 6) is 0.479. The first-order valence-corrected chi connectivity index (χ1v) is 13.1. The molecule has 9 heteroatoms. The number of nitrogens with one attached hydrogen (secondary N) is 2. The summed E-state index contributed by atoms with van der Waals surface area (Å²) in [6.45, 7) is 11.3. The fourth-order valence-electron chi connectivity index (χ4n) is 4.85. The van der Waals surface area contributed by atoms with Crippen LogP contribution in [0.15, 0.2) is 48.7 Å². The maximum Gasteiger partial charge on any atom is 0.229 e. The molecule has 4 rings (SSSR count). The van der Waals surface area contributed by atoms with Crippen molar-refractivity contribution >= 4 is 34.6 Å². The van der Waals surface area contributed by atoms with Crippen LogP contribution in [0.2, 0.25) is 0 Å². The van der Waals surface area contributed by atoms with Crippen molar-refractivity contribution in [1.29, 1.82) is 0 Å². The molecule has 0 spiro atoms. The zero-order chi connectivity index (χ0) is 27.6. The normalized spacial score (nSPS) is 17.4. The highest BCUT2D eigenvalue weighted by Gasteiger charge is 2.42. The molecule has 2 aromatic heterocycles. The molecule has 0 saturated carbocycles. The molecule has 3 heterocycles. The number of ether oxygens (including phenoxy) is 2. The number of carbonyl (C=O) groups is 1. The summed E-state index contributed by atoms with van der Waals surface area (Å²) >= 11 is 5.91. The number of hydrogen-bond acceptors (Lipinski definition) is 5. The van der Waals surface area contributed by atoms with Crippen molar-refractivity contribution in [2.45, 2.75) is 53.2 Å². The maximum absolute atomic E-state index is 12.7. The standard InChI is InChI=1S/C29H37N5O3S/c1-18-16-21(19(2)33(18)14-15-36-6)26-25(23-10-8-9-13-30-23)32-28(38)34(26)20-11-12-22(24(17-20)37-7)31-27(35)29(3,4)5/h8-13,16-17,25-26H,14-15H2,1-7H3,(H,31,35)(H,32,38)/t25-,26+/m0/s1. The van der Waals surface area contributed by atoms with Crippen molar-refractivity contribution in [3.05, 3.63) is 71.3 Å². The van der Waals surface area contributed by atoms with Gasteiger partial charge in [0.1, 0.15) is 5.75 Å². The van der Waals surface area contributed by atoms with E-state index < -0.39 is 5.41 Å². The number of methoxy groups -OCH3 is 2. The van der Waals surface area contributed by atoms with E-state index in [2.05, 4.69) is 45.0 Å². The van der Waals surface area contributed by atoms with Crippen LogP contribution < -0.4 is 20.3 Å². The molecule has 0 radical (unpaired) electrons. The fourth-order valence-corrected chi connectivity index (χ4v) is 5.19. The van der Waals surface area contributed by atoms with E-state index in [1.165, 1.54) is 0 Å². The molecule has 2 N–H and O–H groups in total. The monoisotopic (exact) mass is 535 g/mol. The van der Waals surface area contributed by atoms with Crippen molar-refractivity contribution in [3.63, 3.8) is 0 Å². The number of hydrogen-bond donors (Lipinski definition) is 2. The number of rotatable bonds is 8. The smallest absolute Gasteiger partial charge is 0.229 e. The lowest BCUT2D eigenvalue weighted by Gasteiger charge is -2.29. The highest BCUT2D eigenvalue weighted by Crippen LogP contribution is 2.44. The van der Waals surface area contributed by atoms with Gasteiger partial charge < -0.3 is 29.6 Å². The molecule has 1 amide bonds. The Morgan fingerprint density at radius 1 is 1.16 bits per heavy atom. The molecule has 0 aliphatic carbocycles. The molecule has 1 aromatic carbocycles. The second-order valence-electron chi connectivity index (χ2n) is 10.6. The number of carbonyl (C=O) groups excluding carboxylic acids is 1. The van der Waals surface area contributed by atoms with E-state index in [-0.39, 0.29) is 18.0 Å². The van der Waals surface area contributed by atoms with Crippen LogP contribution >= 0.6 is 12.2 Å². The van der Waals surface area contributed by atoms with Crippen molar-refractivity contribution in [2.24, 2.45) is 5.41 Å². The van der Waals surface area contributed by atoms with E-state index in [9.17, 15) is 4.79 Å². The lowest BCUT2D eigenvalue weighted by Crippen LogP contribution is -2.30. The Morgan fingerprint density at radius 2 is 1.92 bits per heavy atom. The van der Waals surface area contributed by atoms with Crippen LogP contribution in [0.5, 0.6) is 5.75 Å². The predicted molar refractivity (Wildman–Crippen MR) is 155 cm³/mol. The summed E-state index contributed by atoms with van der Waals surface area (Å²) in [5, 5.41) is 7.11. The molecule has 1 aliphatic rings. The Kier molecular flexibility index (Phi) is 8.08. The van der Waals surface area contributed by atoms with Crippen LogP contribution in [0.1, 0.15) is 55.5 Å². The Bertz CT molecular complexity index is 1320. The van der Waals surface area contributed by atoms with Gasteiger partial charge in [-0.2, -0.15) is 0 Å². The molecule has 1 saturated heterocycles. The molecule has 2 atom stereocenters.